The fourth-order valence-electron chi connectivity index (χ4n) is 2.61. The number of hydrogen-bond donors (Lipinski definition) is 2. The van der Waals surface area contributed by atoms with E-state index in [4.69, 9.17) is 4.74 Å². The Bertz CT molecular complexity index is 445. The van der Waals surface area contributed by atoms with Crippen LogP contribution in [0.4, 0.5) is 4.79 Å². The molecule has 1 aliphatic rings. The van der Waals surface area contributed by atoms with E-state index in [1.807, 2.05) is 10.8 Å². The van der Waals surface area contributed by atoms with E-state index in [1.165, 1.54) is 0 Å². The molecule has 0 saturated carbocycles. The third kappa shape index (κ3) is 4.71. The van der Waals surface area contributed by atoms with Crippen molar-refractivity contribution in [2.75, 3.05) is 39.4 Å². The first-order valence-corrected chi connectivity index (χ1v) is 7.94. The van der Waals surface area contributed by atoms with E-state index in [2.05, 4.69) is 34.4 Å². The van der Waals surface area contributed by atoms with E-state index in [0.29, 0.717) is 13.1 Å². The molecule has 2 heterocycles. The average Bonchev–Trinajstić information content (AvgIpc) is 3.07. The molecule has 124 valence electrons. The molecule has 0 bridgehead atoms. The Hall–Kier alpha value is -1.60. The van der Waals surface area contributed by atoms with Crippen molar-refractivity contribution >= 4 is 6.03 Å². The van der Waals surface area contributed by atoms with Crippen LogP contribution >= 0.6 is 0 Å². The summed E-state index contributed by atoms with van der Waals surface area (Å²) in [5.74, 6) is 0. The van der Waals surface area contributed by atoms with E-state index in [0.717, 1.165) is 39.3 Å². The maximum atomic E-state index is 11.9. The number of rotatable bonds is 7. The van der Waals surface area contributed by atoms with E-state index in [-0.39, 0.29) is 11.6 Å². The van der Waals surface area contributed by atoms with Crippen LogP contribution in [0.15, 0.2) is 18.7 Å². The van der Waals surface area contributed by atoms with Crippen molar-refractivity contribution in [2.45, 2.75) is 32.4 Å². The number of amides is 2. The molecular weight excluding hydrogens is 282 g/mol. The largest absolute Gasteiger partial charge is 0.379 e. The Morgan fingerprint density at radius 3 is 2.77 bits per heavy atom. The van der Waals surface area contributed by atoms with Crippen molar-refractivity contribution in [3.8, 4) is 0 Å². The van der Waals surface area contributed by atoms with Gasteiger partial charge in [-0.3, -0.25) is 4.90 Å². The molecule has 1 aromatic rings. The van der Waals surface area contributed by atoms with Gasteiger partial charge in [0, 0.05) is 50.7 Å². The molecule has 0 aromatic carbocycles. The summed E-state index contributed by atoms with van der Waals surface area (Å²) >= 11 is 0. The van der Waals surface area contributed by atoms with Gasteiger partial charge in [0.05, 0.1) is 19.5 Å². The van der Waals surface area contributed by atoms with Crippen LogP contribution in [0.25, 0.3) is 0 Å². The molecular formula is C15H27N5O2. The third-order valence-electron chi connectivity index (χ3n) is 4.38. The van der Waals surface area contributed by atoms with Crippen LogP contribution in [0.2, 0.25) is 0 Å². The smallest absolute Gasteiger partial charge is 0.314 e. The summed E-state index contributed by atoms with van der Waals surface area (Å²) in [6.45, 7) is 9.70. The number of carbonyl (C=O) groups excluding carboxylic acids is 1. The quantitative estimate of drug-likeness (QED) is 0.777. The van der Waals surface area contributed by atoms with Gasteiger partial charge in [-0.1, -0.05) is 6.92 Å². The third-order valence-corrected chi connectivity index (χ3v) is 4.38. The van der Waals surface area contributed by atoms with Gasteiger partial charge in [-0.2, -0.15) is 0 Å². The van der Waals surface area contributed by atoms with Gasteiger partial charge in [-0.05, 0) is 13.3 Å². The standard InChI is InChI=1S/C15H27N5O2/c1-3-15(2,20-8-10-22-11-9-20)12-18-14(21)17-5-7-19-6-4-16-13-19/h4,6,13H,3,5,7-12H2,1-2H3,(H2,17,18,21). The normalized spacial score (nSPS) is 18.6. The summed E-state index contributed by atoms with van der Waals surface area (Å²) in [7, 11) is 0. The molecule has 22 heavy (non-hydrogen) atoms. The van der Waals surface area contributed by atoms with E-state index in [9.17, 15) is 4.79 Å². The highest BCUT2D eigenvalue weighted by Crippen LogP contribution is 2.19. The number of nitrogens with one attached hydrogen (secondary N) is 2. The van der Waals surface area contributed by atoms with Crippen molar-refractivity contribution in [1.82, 2.24) is 25.1 Å². The lowest BCUT2D eigenvalue weighted by atomic mass is 9.95. The zero-order valence-corrected chi connectivity index (χ0v) is 13.5. The van der Waals surface area contributed by atoms with Crippen molar-refractivity contribution in [1.29, 1.82) is 0 Å². The molecule has 2 rings (SSSR count). The summed E-state index contributed by atoms with van der Waals surface area (Å²) in [5, 5.41) is 5.87. The molecule has 1 fully saturated rings. The lowest BCUT2D eigenvalue weighted by Crippen LogP contribution is -2.57. The van der Waals surface area contributed by atoms with Gasteiger partial charge in [0.15, 0.2) is 0 Å². The zero-order valence-electron chi connectivity index (χ0n) is 13.5. The van der Waals surface area contributed by atoms with Crippen molar-refractivity contribution in [3.63, 3.8) is 0 Å². The Balaban J connectivity index is 1.70. The molecule has 1 atom stereocenters. The maximum Gasteiger partial charge on any atom is 0.314 e. The van der Waals surface area contributed by atoms with Crippen LogP contribution in [0.1, 0.15) is 20.3 Å². The lowest BCUT2D eigenvalue weighted by Gasteiger charge is -2.43. The van der Waals surface area contributed by atoms with E-state index < -0.39 is 0 Å². The molecule has 2 amide bonds. The lowest BCUT2D eigenvalue weighted by molar-refractivity contribution is -0.0164. The van der Waals surface area contributed by atoms with Gasteiger partial charge in [0.1, 0.15) is 0 Å². The van der Waals surface area contributed by atoms with Crippen molar-refractivity contribution in [2.24, 2.45) is 0 Å². The second-order valence-electron chi connectivity index (χ2n) is 5.86. The summed E-state index contributed by atoms with van der Waals surface area (Å²) in [6, 6.07) is -0.118. The van der Waals surface area contributed by atoms with Gasteiger partial charge >= 0.3 is 6.03 Å². The SMILES string of the molecule is CCC(C)(CNC(=O)NCCn1ccnc1)N1CCOCC1. The van der Waals surface area contributed by atoms with Gasteiger partial charge in [-0.25, -0.2) is 9.78 Å². The highest BCUT2D eigenvalue weighted by molar-refractivity contribution is 5.73. The first kappa shape index (κ1) is 16.8. The molecule has 0 spiro atoms. The number of ether oxygens (including phenoxy) is 1. The number of imidazole rings is 1. The van der Waals surface area contributed by atoms with Crippen LogP contribution < -0.4 is 10.6 Å². The molecule has 1 aromatic heterocycles. The highest BCUT2D eigenvalue weighted by Gasteiger charge is 2.31. The number of carbonyl (C=O) groups is 1. The van der Waals surface area contributed by atoms with Gasteiger partial charge in [0.25, 0.3) is 0 Å². The molecule has 2 N–H and O–H groups in total. The second-order valence-corrected chi connectivity index (χ2v) is 5.86. The van der Waals surface area contributed by atoms with E-state index >= 15 is 0 Å². The van der Waals surface area contributed by atoms with Crippen LogP contribution in [0, 0.1) is 0 Å². The molecule has 1 unspecified atom stereocenters. The summed E-state index contributed by atoms with van der Waals surface area (Å²) in [6.07, 6.45) is 6.34. The minimum absolute atomic E-state index is 0.0224. The van der Waals surface area contributed by atoms with Gasteiger partial charge < -0.3 is 19.9 Å². The van der Waals surface area contributed by atoms with Crippen molar-refractivity contribution < 1.29 is 9.53 Å². The van der Waals surface area contributed by atoms with Crippen LogP contribution in [0.5, 0.6) is 0 Å². The Morgan fingerprint density at radius 1 is 1.36 bits per heavy atom. The molecule has 7 heteroatoms. The number of urea groups is 1. The highest BCUT2D eigenvalue weighted by atomic mass is 16.5. The predicted octanol–water partition coefficient (Wildman–Crippen LogP) is 0.683. The first-order chi connectivity index (χ1) is 10.6. The minimum Gasteiger partial charge on any atom is -0.379 e. The molecule has 0 aliphatic carbocycles. The molecule has 0 radical (unpaired) electrons. The summed E-state index contributed by atoms with van der Waals surface area (Å²) in [4.78, 5) is 18.3. The summed E-state index contributed by atoms with van der Waals surface area (Å²) in [5.41, 5.74) is -0.0224. The molecule has 7 nitrogen and oxygen atoms in total. The second kappa shape index (κ2) is 8.14. The number of nitrogens with zero attached hydrogens (tertiary/aromatic N) is 3. The fraction of sp³-hybridized carbons (Fsp3) is 0.733. The molecule has 1 saturated heterocycles. The number of aromatic nitrogens is 2. The van der Waals surface area contributed by atoms with Gasteiger partial charge in [0.2, 0.25) is 0 Å². The summed E-state index contributed by atoms with van der Waals surface area (Å²) < 4.78 is 7.34. The Morgan fingerprint density at radius 2 is 2.14 bits per heavy atom. The van der Waals surface area contributed by atoms with Gasteiger partial charge in [-0.15, -0.1) is 0 Å². The molecule has 1 aliphatic heterocycles. The van der Waals surface area contributed by atoms with E-state index in [1.54, 1.807) is 12.5 Å². The number of hydrogen-bond acceptors (Lipinski definition) is 4. The van der Waals surface area contributed by atoms with Crippen LogP contribution in [0.3, 0.4) is 0 Å². The first-order valence-electron chi connectivity index (χ1n) is 7.94. The Kier molecular flexibility index (Phi) is 6.21. The fourth-order valence-corrected chi connectivity index (χ4v) is 2.61. The minimum atomic E-state index is -0.118. The van der Waals surface area contributed by atoms with Crippen LogP contribution in [-0.4, -0.2) is 65.4 Å². The Labute approximate surface area is 132 Å². The zero-order chi connectivity index (χ0) is 15.8. The predicted molar refractivity (Wildman–Crippen MR) is 84.7 cm³/mol. The number of morpholine rings is 1. The average molecular weight is 309 g/mol. The van der Waals surface area contributed by atoms with Crippen molar-refractivity contribution in [3.05, 3.63) is 18.7 Å². The maximum absolute atomic E-state index is 11.9. The topological polar surface area (TPSA) is 71.4 Å². The monoisotopic (exact) mass is 309 g/mol. The van der Waals surface area contributed by atoms with Crippen LogP contribution in [-0.2, 0) is 11.3 Å².